The highest BCUT2D eigenvalue weighted by atomic mass is 127. The highest BCUT2D eigenvalue weighted by Gasteiger charge is 2.13. The zero-order chi connectivity index (χ0) is 24.8. The summed E-state index contributed by atoms with van der Waals surface area (Å²) in [5.74, 6) is 0.417. The minimum Gasteiger partial charge on any atom is -0.487 e. The van der Waals surface area contributed by atoms with Crippen molar-refractivity contribution in [3.05, 3.63) is 99.8 Å². The first-order valence-electron chi connectivity index (χ1n) is 10.8. The molecule has 4 rings (SSSR count). The number of aromatic amines is 1. The van der Waals surface area contributed by atoms with Crippen LogP contribution >= 0.6 is 67.8 Å². The summed E-state index contributed by atoms with van der Waals surface area (Å²) in [6, 6.07) is 22.1. The van der Waals surface area contributed by atoms with E-state index in [2.05, 4.69) is 108 Å². The molecule has 1 heterocycles. The normalized spacial score (nSPS) is 11.3. The second-order valence-electron chi connectivity index (χ2n) is 7.76. The van der Waals surface area contributed by atoms with Crippen molar-refractivity contribution >= 4 is 90.7 Å². The fourth-order valence-corrected chi connectivity index (χ4v) is 6.08. The Morgan fingerprint density at radius 1 is 1.06 bits per heavy atom. The van der Waals surface area contributed by atoms with Gasteiger partial charge in [0.1, 0.15) is 24.0 Å². The number of nitriles is 1. The number of amides is 1. The standard InChI is InChI=1S/C27H20I3N3O2/c28-21-7-5-17(6-8-21)16-35-26-23(29)12-18(13-24(26)30)11-20(14-31)27(34)32-10-9-19-15-33-25-4-2-1-3-22(19)25/h1-8,11-13,15,33H,9-10,16H2,(H,32,34)/b20-11-. The van der Waals surface area contributed by atoms with Gasteiger partial charge in [0.05, 0.1) is 7.14 Å². The van der Waals surface area contributed by atoms with Crippen molar-refractivity contribution in [2.75, 3.05) is 6.54 Å². The average molecular weight is 799 g/mol. The van der Waals surface area contributed by atoms with Gasteiger partial charge in [-0.3, -0.25) is 4.79 Å². The Hall–Kier alpha value is -2.11. The molecule has 0 saturated heterocycles. The molecule has 2 N–H and O–H groups in total. The van der Waals surface area contributed by atoms with E-state index < -0.39 is 0 Å². The van der Waals surface area contributed by atoms with Gasteiger partial charge in [-0.2, -0.15) is 5.26 Å². The molecule has 1 aromatic heterocycles. The Labute approximate surface area is 244 Å². The fourth-order valence-electron chi connectivity index (χ4n) is 3.60. The molecule has 0 aliphatic rings. The number of halogens is 3. The number of benzene rings is 3. The maximum Gasteiger partial charge on any atom is 0.261 e. The lowest BCUT2D eigenvalue weighted by Crippen LogP contribution is -2.26. The Morgan fingerprint density at radius 3 is 2.49 bits per heavy atom. The van der Waals surface area contributed by atoms with Gasteiger partial charge < -0.3 is 15.0 Å². The van der Waals surface area contributed by atoms with Crippen LogP contribution in [-0.2, 0) is 17.8 Å². The quantitative estimate of drug-likeness (QED) is 0.117. The number of carbonyl (C=O) groups excluding carboxylic acids is 1. The average Bonchev–Trinajstić information content (AvgIpc) is 3.26. The van der Waals surface area contributed by atoms with Gasteiger partial charge in [-0.15, -0.1) is 0 Å². The smallest absolute Gasteiger partial charge is 0.261 e. The zero-order valence-corrected chi connectivity index (χ0v) is 24.9. The van der Waals surface area contributed by atoms with Gasteiger partial charge in [0, 0.05) is 27.2 Å². The van der Waals surface area contributed by atoms with Crippen molar-refractivity contribution in [3.8, 4) is 11.8 Å². The number of hydrogen-bond acceptors (Lipinski definition) is 3. The second kappa shape index (κ2) is 12.2. The van der Waals surface area contributed by atoms with Crippen LogP contribution in [-0.4, -0.2) is 17.4 Å². The van der Waals surface area contributed by atoms with E-state index in [1.165, 1.54) is 3.57 Å². The maximum atomic E-state index is 12.7. The van der Waals surface area contributed by atoms with Crippen LogP contribution in [0.3, 0.4) is 0 Å². The Morgan fingerprint density at radius 2 is 1.77 bits per heavy atom. The Kier molecular flexibility index (Phi) is 9.07. The summed E-state index contributed by atoms with van der Waals surface area (Å²) < 4.78 is 9.08. The molecule has 0 radical (unpaired) electrons. The van der Waals surface area contributed by atoms with Crippen LogP contribution in [0.15, 0.2) is 72.4 Å². The van der Waals surface area contributed by atoms with Gasteiger partial charge >= 0.3 is 0 Å². The number of aromatic nitrogens is 1. The number of hydrogen-bond donors (Lipinski definition) is 2. The van der Waals surface area contributed by atoms with Crippen LogP contribution in [0.1, 0.15) is 16.7 Å². The van der Waals surface area contributed by atoms with Crippen molar-refractivity contribution in [1.82, 2.24) is 10.3 Å². The summed E-state index contributed by atoms with van der Waals surface area (Å²) >= 11 is 6.73. The molecule has 8 heteroatoms. The number of rotatable bonds is 8. The van der Waals surface area contributed by atoms with Crippen LogP contribution in [0.4, 0.5) is 0 Å². The minimum absolute atomic E-state index is 0.0723. The van der Waals surface area contributed by atoms with E-state index in [0.29, 0.717) is 19.6 Å². The molecule has 176 valence electrons. The predicted molar refractivity (Wildman–Crippen MR) is 164 cm³/mol. The molecule has 5 nitrogen and oxygen atoms in total. The fraction of sp³-hybridized carbons (Fsp3) is 0.111. The van der Waals surface area contributed by atoms with E-state index in [-0.39, 0.29) is 11.5 Å². The topological polar surface area (TPSA) is 77.9 Å². The molecule has 0 spiro atoms. The molecule has 0 bridgehead atoms. The van der Waals surface area contributed by atoms with E-state index in [1.54, 1.807) is 6.08 Å². The first-order valence-corrected chi connectivity index (χ1v) is 14.0. The van der Waals surface area contributed by atoms with Crippen LogP contribution in [0, 0.1) is 22.0 Å². The number of nitrogens with one attached hydrogen (secondary N) is 2. The molecule has 0 saturated carbocycles. The summed E-state index contributed by atoms with van der Waals surface area (Å²) in [6.45, 7) is 0.917. The molecule has 0 atom stereocenters. The maximum absolute atomic E-state index is 12.7. The number of carbonyl (C=O) groups is 1. The number of para-hydroxylation sites is 1. The summed E-state index contributed by atoms with van der Waals surface area (Å²) in [5, 5.41) is 13.6. The van der Waals surface area contributed by atoms with Crippen molar-refractivity contribution in [2.45, 2.75) is 13.0 Å². The van der Waals surface area contributed by atoms with Crippen LogP contribution < -0.4 is 10.1 Å². The van der Waals surface area contributed by atoms with E-state index in [4.69, 9.17) is 4.74 Å². The third-order valence-corrected chi connectivity index (χ3v) is 7.67. The van der Waals surface area contributed by atoms with Gasteiger partial charge in [0.2, 0.25) is 0 Å². The van der Waals surface area contributed by atoms with Gasteiger partial charge in [0.25, 0.3) is 5.91 Å². The number of fused-ring (bicyclic) bond motifs is 1. The van der Waals surface area contributed by atoms with Crippen molar-refractivity contribution < 1.29 is 9.53 Å². The molecular formula is C27H20I3N3O2. The van der Waals surface area contributed by atoms with Gasteiger partial charge in [-0.25, -0.2) is 0 Å². The monoisotopic (exact) mass is 799 g/mol. The van der Waals surface area contributed by atoms with Crippen LogP contribution in [0.2, 0.25) is 0 Å². The molecule has 0 aliphatic heterocycles. The molecule has 4 aromatic rings. The Balaban J connectivity index is 1.40. The summed E-state index contributed by atoms with van der Waals surface area (Å²) in [7, 11) is 0. The summed E-state index contributed by atoms with van der Waals surface area (Å²) in [4.78, 5) is 15.9. The van der Waals surface area contributed by atoms with Gasteiger partial charge in [0.15, 0.2) is 0 Å². The lowest BCUT2D eigenvalue weighted by Gasteiger charge is -2.12. The number of ether oxygens (including phenoxy) is 1. The van der Waals surface area contributed by atoms with E-state index in [9.17, 15) is 10.1 Å². The molecule has 1 amide bonds. The van der Waals surface area contributed by atoms with E-state index in [0.717, 1.165) is 40.5 Å². The number of nitrogens with zero attached hydrogens (tertiary/aromatic N) is 1. The third-order valence-electron chi connectivity index (χ3n) is 5.35. The second-order valence-corrected chi connectivity index (χ2v) is 11.3. The molecule has 35 heavy (non-hydrogen) atoms. The van der Waals surface area contributed by atoms with Gasteiger partial charge in [-0.1, -0.05) is 30.3 Å². The lowest BCUT2D eigenvalue weighted by atomic mass is 10.1. The van der Waals surface area contributed by atoms with E-state index in [1.807, 2.05) is 42.6 Å². The highest BCUT2D eigenvalue weighted by molar-refractivity contribution is 14.1. The molecule has 0 unspecified atom stereocenters. The van der Waals surface area contributed by atoms with Gasteiger partial charge in [-0.05, 0) is 127 Å². The molecule has 0 fully saturated rings. The molecular weight excluding hydrogens is 779 g/mol. The predicted octanol–water partition coefficient (Wildman–Crippen LogP) is 6.83. The minimum atomic E-state index is -0.378. The largest absolute Gasteiger partial charge is 0.487 e. The molecule has 0 aliphatic carbocycles. The van der Waals surface area contributed by atoms with Crippen molar-refractivity contribution in [3.63, 3.8) is 0 Å². The SMILES string of the molecule is N#C/C(=C/c1cc(I)c(OCc2ccc(I)cc2)c(I)c1)C(=O)NCCc1c[nH]c2ccccc12. The first kappa shape index (κ1) is 26.0. The van der Waals surface area contributed by atoms with E-state index >= 15 is 0 Å². The Bertz CT molecular complexity index is 1410. The van der Waals surface area contributed by atoms with Crippen molar-refractivity contribution in [2.24, 2.45) is 0 Å². The zero-order valence-electron chi connectivity index (χ0n) is 18.4. The lowest BCUT2D eigenvalue weighted by molar-refractivity contribution is -0.117. The van der Waals surface area contributed by atoms with Crippen LogP contribution in [0.25, 0.3) is 17.0 Å². The third kappa shape index (κ3) is 6.77. The van der Waals surface area contributed by atoms with Crippen molar-refractivity contribution in [1.29, 1.82) is 5.26 Å². The summed E-state index contributed by atoms with van der Waals surface area (Å²) in [5.41, 5.74) is 4.15. The number of H-pyrrole nitrogens is 1. The van der Waals surface area contributed by atoms with Crippen LogP contribution in [0.5, 0.6) is 5.75 Å². The summed E-state index contributed by atoms with van der Waals surface area (Å²) in [6.07, 6.45) is 4.26. The highest BCUT2D eigenvalue weighted by Crippen LogP contribution is 2.30. The molecule has 3 aromatic carbocycles. The first-order chi connectivity index (χ1) is 16.9.